The standard InChI is InChI=1S/C37H28N2S/c1-37(2)29-13-5-6-15-32(29)40-36-28(12-7-14-30(36)37)27-20-18-23-9-3-4-11-26(23)33(27)31-21-19-25-17-16-24-10-8-22-38-34(24)35(25)39-31/h3-16,18-22,25H,17H2,1-2H3. The summed E-state index contributed by atoms with van der Waals surface area (Å²) in [6, 6.07) is 33.1. The third kappa shape index (κ3) is 3.51. The fourth-order valence-corrected chi connectivity index (χ4v) is 8.13. The molecule has 0 saturated carbocycles. The molecule has 4 aromatic carbocycles. The van der Waals surface area contributed by atoms with Gasteiger partial charge in [0.15, 0.2) is 0 Å². The van der Waals surface area contributed by atoms with E-state index in [0.29, 0.717) is 0 Å². The third-order valence-corrected chi connectivity index (χ3v) is 9.91. The molecule has 0 amide bonds. The van der Waals surface area contributed by atoms with Crippen molar-refractivity contribution in [3.8, 4) is 11.1 Å². The number of aromatic nitrogens is 1. The van der Waals surface area contributed by atoms with Crippen LogP contribution in [0.3, 0.4) is 0 Å². The Bertz CT molecular complexity index is 2050. The van der Waals surface area contributed by atoms with Crippen LogP contribution in [0.1, 0.15) is 37.0 Å². The quantitative estimate of drug-likeness (QED) is 0.233. The highest BCUT2D eigenvalue weighted by atomic mass is 32.2. The van der Waals surface area contributed by atoms with E-state index in [1.165, 1.54) is 53.6 Å². The summed E-state index contributed by atoms with van der Waals surface area (Å²) in [5, 5.41) is 4.64. The summed E-state index contributed by atoms with van der Waals surface area (Å²) < 4.78 is 0. The highest BCUT2D eigenvalue weighted by Gasteiger charge is 2.34. The molecule has 0 saturated heterocycles. The van der Waals surface area contributed by atoms with Crippen LogP contribution in [0, 0.1) is 5.92 Å². The lowest BCUT2D eigenvalue weighted by Gasteiger charge is -2.35. The monoisotopic (exact) mass is 532 g/mol. The first-order valence-electron chi connectivity index (χ1n) is 14.0. The minimum atomic E-state index is -0.0799. The molecule has 1 aromatic heterocycles. The molecule has 3 heterocycles. The molecule has 1 unspecified atom stereocenters. The van der Waals surface area contributed by atoms with E-state index in [-0.39, 0.29) is 11.3 Å². The van der Waals surface area contributed by atoms with Crippen LogP contribution in [0.2, 0.25) is 0 Å². The van der Waals surface area contributed by atoms with Gasteiger partial charge in [0.1, 0.15) is 0 Å². The van der Waals surface area contributed by atoms with Crippen LogP contribution in [0.4, 0.5) is 0 Å². The molecule has 2 nitrogen and oxygen atoms in total. The van der Waals surface area contributed by atoms with Crippen molar-refractivity contribution in [1.82, 2.24) is 4.98 Å². The smallest absolute Gasteiger partial charge is 0.0919 e. The number of nitrogens with zero attached hydrogens (tertiary/aromatic N) is 2. The Morgan fingerprint density at radius 2 is 1.65 bits per heavy atom. The normalized spacial score (nSPS) is 18.2. The summed E-state index contributed by atoms with van der Waals surface area (Å²) >= 11 is 1.90. The number of allylic oxidation sites excluding steroid dienone is 1. The second-order valence-electron chi connectivity index (χ2n) is 11.3. The number of rotatable bonds is 2. The van der Waals surface area contributed by atoms with Crippen molar-refractivity contribution in [3.63, 3.8) is 0 Å². The van der Waals surface area contributed by atoms with Crippen LogP contribution in [-0.2, 0) is 5.41 Å². The third-order valence-electron chi connectivity index (χ3n) is 8.69. The first kappa shape index (κ1) is 23.7. The highest BCUT2D eigenvalue weighted by molar-refractivity contribution is 7.99. The van der Waals surface area contributed by atoms with Crippen LogP contribution < -0.4 is 10.6 Å². The molecule has 40 heavy (non-hydrogen) atoms. The molecule has 8 rings (SSSR count). The molecule has 1 atom stereocenters. The van der Waals surface area contributed by atoms with E-state index in [0.717, 1.165) is 23.2 Å². The van der Waals surface area contributed by atoms with Gasteiger partial charge < -0.3 is 0 Å². The summed E-state index contributed by atoms with van der Waals surface area (Å²) in [5.41, 5.74) is 8.47. The predicted octanol–water partition coefficient (Wildman–Crippen LogP) is 7.66. The molecule has 0 fully saturated rings. The molecule has 3 aliphatic rings. The van der Waals surface area contributed by atoms with Crippen molar-refractivity contribution < 1.29 is 0 Å². The zero-order chi connectivity index (χ0) is 26.8. The van der Waals surface area contributed by atoms with Crippen LogP contribution in [0.5, 0.6) is 0 Å². The average Bonchev–Trinajstić information content (AvgIpc) is 3.00. The summed E-state index contributed by atoms with van der Waals surface area (Å²) in [6.07, 6.45) is 9.69. The maximum atomic E-state index is 5.39. The van der Waals surface area contributed by atoms with E-state index in [4.69, 9.17) is 9.98 Å². The Morgan fingerprint density at radius 1 is 0.800 bits per heavy atom. The molecule has 2 aliphatic heterocycles. The van der Waals surface area contributed by atoms with Crippen molar-refractivity contribution in [1.29, 1.82) is 0 Å². The lowest BCUT2D eigenvalue weighted by atomic mass is 9.76. The fourth-order valence-electron chi connectivity index (χ4n) is 6.61. The van der Waals surface area contributed by atoms with Crippen molar-refractivity contribution in [2.45, 2.75) is 35.5 Å². The minimum Gasteiger partial charge on any atom is -0.254 e. The highest BCUT2D eigenvalue weighted by Crippen LogP contribution is 2.52. The van der Waals surface area contributed by atoms with Gasteiger partial charge in [0.2, 0.25) is 0 Å². The van der Waals surface area contributed by atoms with Gasteiger partial charge in [0.25, 0.3) is 0 Å². The van der Waals surface area contributed by atoms with Gasteiger partial charge in [-0.2, -0.15) is 0 Å². The van der Waals surface area contributed by atoms with Gasteiger partial charge in [-0.15, -0.1) is 0 Å². The summed E-state index contributed by atoms with van der Waals surface area (Å²) in [6.45, 7) is 4.70. The largest absolute Gasteiger partial charge is 0.254 e. The van der Waals surface area contributed by atoms with Crippen molar-refractivity contribution in [3.05, 3.63) is 137 Å². The fraction of sp³-hybridized carbons (Fsp3) is 0.135. The van der Waals surface area contributed by atoms with Crippen LogP contribution in [0.15, 0.2) is 124 Å². The van der Waals surface area contributed by atoms with Gasteiger partial charge >= 0.3 is 0 Å². The number of hydrogen-bond acceptors (Lipinski definition) is 3. The second-order valence-corrected chi connectivity index (χ2v) is 12.4. The summed E-state index contributed by atoms with van der Waals surface area (Å²) in [7, 11) is 0. The van der Waals surface area contributed by atoms with E-state index >= 15 is 0 Å². The Balaban J connectivity index is 1.41. The van der Waals surface area contributed by atoms with Crippen LogP contribution >= 0.6 is 11.8 Å². The first-order chi connectivity index (χ1) is 19.6. The number of benzene rings is 4. The van der Waals surface area contributed by atoms with E-state index in [1.807, 2.05) is 24.0 Å². The van der Waals surface area contributed by atoms with Gasteiger partial charge in [0.05, 0.1) is 16.8 Å². The van der Waals surface area contributed by atoms with Crippen molar-refractivity contribution in [2.75, 3.05) is 0 Å². The molecular formula is C37H28N2S. The van der Waals surface area contributed by atoms with Gasteiger partial charge in [-0.1, -0.05) is 117 Å². The summed E-state index contributed by atoms with van der Waals surface area (Å²) in [5.74, 6) is 0.266. The first-order valence-corrected chi connectivity index (χ1v) is 14.8. The topological polar surface area (TPSA) is 25.2 Å². The SMILES string of the molecule is CC1(C)c2ccccc2Sc2c(-c3ccc4ccccc4c3C3=NC4=c5ncccc5=CCC4C=C3)cccc21. The molecule has 0 N–H and O–H groups in total. The molecule has 1 aliphatic carbocycles. The molecule has 0 radical (unpaired) electrons. The number of aliphatic imine (C=N–C) groups is 1. The molecular weight excluding hydrogens is 504 g/mol. The van der Waals surface area contributed by atoms with Gasteiger partial charge in [-0.05, 0) is 62.9 Å². The van der Waals surface area contributed by atoms with E-state index in [1.54, 1.807) is 0 Å². The number of pyridine rings is 1. The predicted molar refractivity (Wildman–Crippen MR) is 167 cm³/mol. The maximum Gasteiger partial charge on any atom is 0.0919 e. The van der Waals surface area contributed by atoms with E-state index < -0.39 is 0 Å². The van der Waals surface area contributed by atoms with Crippen LogP contribution in [0.25, 0.3) is 33.7 Å². The molecule has 192 valence electrons. The molecule has 3 heteroatoms. The van der Waals surface area contributed by atoms with E-state index in [2.05, 4.69) is 117 Å². The lowest BCUT2D eigenvalue weighted by molar-refractivity contribution is 0.608. The zero-order valence-corrected chi connectivity index (χ0v) is 23.4. The van der Waals surface area contributed by atoms with Gasteiger partial charge in [-0.25, -0.2) is 4.99 Å². The van der Waals surface area contributed by atoms with Gasteiger partial charge in [-0.3, -0.25) is 4.98 Å². The second kappa shape index (κ2) is 8.90. The summed E-state index contributed by atoms with van der Waals surface area (Å²) in [4.78, 5) is 12.8. The Hall–Kier alpha value is -4.21. The van der Waals surface area contributed by atoms with Crippen molar-refractivity contribution >= 4 is 40.0 Å². The molecule has 5 aromatic rings. The number of hydrogen-bond donors (Lipinski definition) is 0. The van der Waals surface area contributed by atoms with Crippen LogP contribution in [-0.4, -0.2) is 10.7 Å². The average molecular weight is 533 g/mol. The maximum absolute atomic E-state index is 5.39. The Labute approximate surface area is 238 Å². The Morgan fingerprint density at radius 3 is 2.60 bits per heavy atom. The van der Waals surface area contributed by atoms with E-state index in [9.17, 15) is 0 Å². The number of fused-ring (bicyclic) bond motifs is 5. The zero-order valence-electron chi connectivity index (χ0n) is 22.6. The van der Waals surface area contributed by atoms with Crippen molar-refractivity contribution in [2.24, 2.45) is 10.9 Å². The van der Waals surface area contributed by atoms with Gasteiger partial charge in [0, 0.05) is 32.9 Å². The Kier molecular flexibility index (Phi) is 5.27. The minimum absolute atomic E-state index is 0.0799. The molecule has 0 spiro atoms. The molecule has 0 bridgehead atoms. The lowest BCUT2D eigenvalue weighted by Crippen LogP contribution is -2.35. The number of dihydropyridines is 1.